The van der Waals surface area contributed by atoms with Gasteiger partial charge in [0, 0.05) is 11.8 Å². The summed E-state index contributed by atoms with van der Waals surface area (Å²) in [5.41, 5.74) is -2.62. The summed E-state index contributed by atoms with van der Waals surface area (Å²) >= 11 is 0. The number of halogens is 1. The van der Waals surface area contributed by atoms with Crippen molar-refractivity contribution in [2.75, 3.05) is 0 Å². The lowest BCUT2D eigenvalue weighted by atomic mass is 9.45. The van der Waals surface area contributed by atoms with Crippen molar-refractivity contribution in [2.45, 2.75) is 83.6 Å². The Morgan fingerprint density at radius 3 is 2.62 bits per heavy atom. The number of carbonyl (C=O) groups excluding carboxylic acids is 3. The van der Waals surface area contributed by atoms with Gasteiger partial charge in [0.15, 0.2) is 11.6 Å². The maximum absolute atomic E-state index is 15.3. The topological polar surface area (TPSA) is 91.7 Å². The molecule has 3 saturated carbocycles. The molecular weight excluding hydrogens is 375 g/mol. The molecule has 4 aliphatic carbocycles. The Hall–Kier alpha value is -1.40. The number of aliphatic hydroxyl groups is 2. The molecule has 4 aliphatic rings. The van der Waals surface area contributed by atoms with Crippen LogP contribution in [0.25, 0.3) is 0 Å². The van der Waals surface area contributed by atoms with E-state index in [1.807, 2.05) is 13.8 Å². The minimum atomic E-state index is -1.67. The fraction of sp³-hybridized carbons (Fsp3) is 0.783. The largest absolute Gasteiger partial charge is 0.393 e. The second-order valence-corrected chi connectivity index (χ2v) is 10.4. The minimum absolute atomic E-state index is 0.0567. The van der Waals surface area contributed by atoms with Crippen molar-refractivity contribution in [1.29, 1.82) is 0 Å². The van der Waals surface area contributed by atoms with Crippen LogP contribution in [0.2, 0.25) is 0 Å². The van der Waals surface area contributed by atoms with Gasteiger partial charge in [0.05, 0.1) is 12.5 Å². The molecule has 0 aromatic rings. The molecule has 0 heterocycles. The van der Waals surface area contributed by atoms with Gasteiger partial charge in [-0.25, -0.2) is 4.39 Å². The summed E-state index contributed by atoms with van der Waals surface area (Å²) in [7, 11) is 0. The van der Waals surface area contributed by atoms with E-state index in [0.29, 0.717) is 24.8 Å². The summed E-state index contributed by atoms with van der Waals surface area (Å²) in [4.78, 5) is 36.3. The maximum Gasteiger partial charge on any atom is 0.172 e. The first-order chi connectivity index (χ1) is 13.4. The molecule has 2 N–H and O–H groups in total. The Labute approximate surface area is 170 Å². The van der Waals surface area contributed by atoms with Gasteiger partial charge in [-0.05, 0) is 73.8 Å². The number of rotatable bonds is 3. The van der Waals surface area contributed by atoms with Gasteiger partial charge in [-0.1, -0.05) is 13.8 Å². The number of alkyl halides is 1. The second kappa shape index (κ2) is 6.55. The van der Waals surface area contributed by atoms with Crippen LogP contribution in [0, 0.1) is 28.6 Å². The van der Waals surface area contributed by atoms with Crippen LogP contribution in [0.3, 0.4) is 0 Å². The van der Waals surface area contributed by atoms with Crippen molar-refractivity contribution in [1.82, 2.24) is 0 Å². The quantitative estimate of drug-likeness (QED) is 0.703. The van der Waals surface area contributed by atoms with Crippen molar-refractivity contribution in [3.8, 4) is 0 Å². The molecule has 0 amide bonds. The second-order valence-electron chi connectivity index (χ2n) is 10.4. The molecule has 0 unspecified atom stereocenters. The van der Waals surface area contributed by atoms with Crippen LogP contribution in [0.4, 0.5) is 4.39 Å². The van der Waals surface area contributed by atoms with Crippen molar-refractivity contribution in [3.05, 3.63) is 11.6 Å². The summed E-state index contributed by atoms with van der Waals surface area (Å²) in [6.07, 6.45) is 1.22. The summed E-state index contributed by atoms with van der Waals surface area (Å²) in [6, 6.07) is 0. The molecule has 4 rings (SSSR count). The van der Waals surface area contributed by atoms with E-state index < -0.39 is 34.5 Å². The Bertz CT molecular complexity index is 805. The van der Waals surface area contributed by atoms with Crippen LogP contribution in [-0.4, -0.2) is 45.4 Å². The average Bonchev–Trinajstić information content (AvgIpc) is 2.88. The lowest BCUT2D eigenvalue weighted by molar-refractivity contribution is -0.183. The van der Waals surface area contributed by atoms with E-state index in [1.54, 1.807) is 0 Å². The van der Waals surface area contributed by atoms with E-state index in [1.165, 1.54) is 13.0 Å². The highest BCUT2D eigenvalue weighted by Crippen LogP contribution is 2.68. The highest BCUT2D eigenvalue weighted by Gasteiger charge is 2.69. The van der Waals surface area contributed by atoms with Gasteiger partial charge < -0.3 is 10.2 Å². The summed E-state index contributed by atoms with van der Waals surface area (Å²) in [5, 5.41) is 22.7. The fourth-order valence-electron chi connectivity index (χ4n) is 7.53. The first kappa shape index (κ1) is 20.9. The molecule has 8 atom stereocenters. The number of carbonyl (C=O) groups is 3. The van der Waals surface area contributed by atoms with Crippen LogP contribution in [0.15, 0.2) is 11.6 Å². The van der Waals surface area contributed by atoms with E-state index in [2.05, 4.69) is 0 Å². The fourth-order valence-corrected chi connectivity index (χ4v) is 7.53. The molecule has 0 bridgehead atoms. The van der Waals surface area contributed by atoms with E-state index in [9.17, 15) is 24.6 Å². The predicted octanol–water partition coefficient (Wildman–Crippen LogP) is 2.72. The standard InChI is InChI=1S/C23H31FO5/c1-12(25)8-19(28)23(29)7-5-15-14-10-17(24)16-9-13(26)4-6-21(16,2)20(14)18(27)11-22(15,23)3/h9,14-15,17-18,20,27,29H,4-8,10-11H2,1-3H3/t14-,15-,17-,18-,20+,21-,22-,23-/m0/s1. The van der Waals surface area contributed by atoms with Gasteiger partial charge in [-0.2, -0.15) is 0 Å². The molecule has 5 nitrogen and oxygen atoms in total. The number of Topliss-reactive ketones (excluding diaryl/α,β-unsaturated/α-hetero) is 2. The summed E-state index contributed by atoms with van der Waals surface area (Å²) < 4.78 is 15.3. The molecule has 0 aromatic heterocycles. The zero-order valence-electron chi connectivity index (χ0n) is 17.4. The van der Waals surface area contributed by atoms with Gasteiger partial charge in [0.2, 0.25) is 0 Å². The zero-order valence-corrected chi connectivity index (χ0v) is 17.4. The normalized spacial score (nSPS) is 49.0. The average molecular weight is 406 g/mol. The first-order valence-corrected chi connectivity index (χ1v) is 10.8. The molecule has 0 aromatic carbocycles. The molecule has 29 heavy (non-hydrogen) atoms. The predicted molar refractivity (Wildman–Crippen MR) is 104 cm³/mol. The Kier molecular flexibility index (Phi) is 4.71. The SMILES string of the molecule is CC(=O)CC(=O)[C@@]1(O)CC[C@H]2[C@@H]3C[C@H](F)C4=CC(=O)CC[C@]4(C)[C@H]3[C@@H](O)C[C@@]21C. The Morgan fingerprint density at radius 2 is 1.97 bits per heavy atom. The monoisotopic (exact) mass is 406 g/mol. The van der Waals surface area contributed by atoms with Crippen LogP contribution in [0.1, 0.15) is 65.7 Å². The zero-order chi connectivity index (χ0) is 21.4. The number of hydrogen-bond donors (Lipinski definition) is 2. The van der Waals surface area contributed by atoms with E-state index >= 15 is 4.39 Å². The van der Waals surface area contributed by atoms with Gasteiger partial charge in [0.25, 0.3) is 0 Å². The van der Waals surface area contributed by atoms with E-state index in [4.69, 9.17) is 0 Å². The Balaban J connectivity index is 1.73. The lowest BCUT2D eigenvalue weighted by Crippen LogP contribution is -2.62. The van der Waals surface area contributed by atoms with Gasteiger partial charge in [-0.15, -0.1) is 0 Å². The third-order valence-electron chi connectivity index (χ3n) is 8.90. The van der Waals surface area contributed by atoms with Crippen LogP contribution in [0.5, 0.6) is 0 Å². The van der Waals surface area contributed by atoms with Crippen molar-refractivity contribution < 1.29 is 29.0 Å². The van der Waals surface area contributed by atoms with E-state index in [-0.39, 0.29) is 55.0 Å². The highest BCUT2D eigenvalue weighted by atomic mass is 19.1. The lowest BCUT2D eigenvalue weighted by Gasteiger charge is -2.61. The number of fused-ring (bicyclic) bond motifs is 5. The number of ketones is 3. The number of hydrogen-bond acceptors (Lipinski definition) is 5. The molecule has 3 fully saturated rings. The third-order valence-corrected chi connectivity index (χ3v) is 8.90. The molecule has 0 aliphatic heterocycles. The molecule has 0 spiro atoms. The third kappa shape index (κ3) is 2.74. The van der Waals surface area contributed by atoms with Crippen LogP contribution < -0.4 is 0 Å². The van der Waals surface area contributed by atoms with Gasteiger partial charge >= 0.3 is 0 Å². The van der Waals surface area contributed by atoms with E-state index in [0.717, 1.165) is 0 Å². The Morgan fingerprint density at radius 1 is 1.28 bits per heavy atom. The number of allylic oxidation sites excluding steroid dienone is 1. The molecular formula is C23H31FO5. The molecule has 160 valence electrons. The minimum Gasteiger partial charge on any atom is -0.393 e. The summed E-state index contributed by atoms with van der Waals surface area (Å²) in [6.45, 7) is 5.12. The molecule has 0 saturated heterocycles. The van der Waals surface area contributed by atoms with Crippen LogP contribution >= 0.6 is 0 Å². The van der Waals surface area contributed by atoms with Gasteiger partial charge in [0.1, 0.15) is 17.6 Å². The maximum atomic E-state index is 15.3. The molecule has 6 heteroatoms. The van der Waals surface area contributed by atoms with Crippen molar-refractivity contribution in [2.24, 2.45) is 28.6 Å². The first-order valence-electron chi connectivity index (χ1n) is 10.8. The molecule has 0 radical (unpaired) electrons. The van der Waals surface area contributed by atoms with Crippen molar-refractivity contribution in [3.63, 3.8) is 0 Å². The smallest absolute Gasteiger partial charge is 0.172 e. The van der Waals surface area contributed by atoms with Crippen LogP contribution in [-0.2, 0) is 14.4 Å². The van der Waals surface area contributed by atoms with Crippen molar-refractivity contribution >= 4 is 17.3 Å². The number of aliphatic hydroxyl groups excluding tert-OH is 1. The van der Waals surface area contributed by atoms with Gasteiger partial charge in [-0.3, -0.25) is 14.4 Å². The summed E-state index contributed by atoms with van der Waals surface area (Å²) in [5.74, 6) is -1.31. The highest BCUT2D eigenvalue weighted by molar-refractivity contribution is 6.02.